The van der Waals surface area contributed by atoms with Crippen molar-refractivity contribution in [1.82, 2.24) is 19.6 Å². The lowest BCUT2D eigenvalue weighted by molar-refractivity contribution is -0.139. The van der Waals surface area contributed by atoms with Crippen LogP contribution in [0, 0.1) is 0 Å². The molecule has 0 aromatic heterocycles. The fourth-order valence-corrected chi connectivity index (χ4v) is 5.14. The maximum atomic E-state index is 13.8. The summed E-state index contributed by atoms with van der Waals surface area (Å²) in [6.07, 6.45) is 2.84. The van der Waals surface area contributed by atoms with Crippen molar-refractivity contribution in [3.05, 3.63) is 25.1 Å². The van der Waals surface area contributed by atoms with Gasteiger partial charge >= 0.3 is 0 Å². The lowest BCUT2D eigenvalue weighted by Gasteiger charge is -2.49. The van der Waals surface area contributed by atoms with Gasteiger partial charge in [-0.15, -0.1) is 0 Å². The fourth-order valence-electron chi connectivity index (χ4n) is 5.14. The van der Waals surface area contributed by atoms with Gasteiger partial charge in [0.05, 0.1) is 0 Å². The third-order valence-corrected chi connectivity index (χ3v) is 6.81. The van der Waals surface area contributed by atoms with Crippen LogP contribution in [0.2, 0.25) is 0 Å². The zero-order chi connectivity index (χ0) is 23.5. The number of amides is 2. The minimum absolute atomic E-state index is 0.0342. The van der Waals surface area contributed by atoms with Crippen LogP contribution in [0.15, 0.2) is 25.1 Å². The Labute approximate surface area is 187 Å². The van der Waals surface area contributed by atoms with Crippen LogP contribution in [0.4, 0.5) is 4.39 Å². The second-order valence-corrected chi connectivity index (χ2v) is 9.75. The van der Waals surface area contributed by atoms with Crippen molar-refractivity contribution in [3.63, 3.8) is 0 Å². The minimum atomic E-state index is -0.907. The van der Waals surface area contributed by atoms with Crippen LogP contribution < -0.4 is 0 Å². The van der Waals surface area contributed by atoms with E-state index in [1.807, 2.05) is 11.8 Å². The quantitative estimate of drug-likeness (QED) is 0.576. The van der Waals surface area contributed by atoms with E-state index in [1.165, 1.54) is 6.08 Å². The highest BCUT2D eigenvalue weighted by Gasteiger charge is 2.39. The highest BCUT2D eigenvalue weighted by Crippen LogP contribution is 2.27. The molecule has 2 heterocycles. The molecule has 31 heavy (non-hydrogen) atoms. The fraction of sp³-hybridized carbons (Fsp3) is 0.750. The zero-order valence-electron chi connectivity index (χ0n) is 20.2. The Morgan fingerprint density at radius 1 is 0.903 bits per heavy atom. The van der Waals surface area contributed by atoms with Gasteiger partial charge in [0, 0.05) is 62.4 Å². The van der Waals surface area contributed by atoms with Gasteiger partial charge in [0.2, 0.25) is 5.91 Å². The van der Waals surface area contributed by atoms with Crippen molar-refractivity contribution in [1.29, 1.82) is 0 Å². The number of rotatable bonds is 7. The SMILES string of the molecule is C=CC(=O)N1[C@@H](CC[C@@H]2CN(C(C)C)C[C@H](C)N2C(=O)C(=C)F)CN(C(C)C)C[C@H]1C. The molecule has 0 aromatic rings. The highest BCUT2D eigenvalue weighted by atomic mass is 19.1. The Kier molecular flexibility index (Phi) is 8.83. The largest absolute Gasteiger partial charge is 0.331 e. The molecule has 6 nitrogen and oxygen atoms in total. The molecule has 4 atom stereocenters. The molecule has 0 saturated carbocycles. The van der Waals surface area contributed by atoms with Gasteiger partial charge < -0.3 is 9.80 Å². The van der Waals surface area contributed by atoms with Crippen molar-refractivity contribution in [2.24, 2.45) is 0 Å². The first-order valence-corrected chi connectivity index (χ1v) is 11.6. The number of nitrogens with zero attached hydrogens (tertiary/aromatic N) is 4. The maximum Gasteiger partial charge on any atom is 0.282 e. The number of carbonyl (C=O) groups excluding carboxylic acids is 2. The van der Waals surface area contributed by atoms with E-state index < -0.39 is 11.7 Å². The van der Waals surface area contributed by atoms with Crippen LogP contribution in [-0.4, -0.2) is 93.8 Å². The predicted molar refractivity (Wildman–Crippen MR) is 123 cm³/mol. The summed E-state index contributed by atoms with van der Waals surface area (Å²) in [5, 5.41) is 0. The topological polar surface area (TPSA) is 47.1 Å². The smallest absolute Gasteiger partial charge is 0.282 e. The molecule has 0 unspecified atom stereocenters. The normalized spacial score (nSPS) is 28.3. The number of hydrogen-bond acceptors (Lipinski definition) is 4. The van der Waals surface area contributed by atoms with Crippen LogP contribution in [0.1, 0.15) is 54.4 Å². The second kappa shape index (κ2) is 10.7. The molecule has 2 aliphatic heterocycles. The zero-order valence-corrected chi connectivity index (χ0v) is 20.2. The Morgan fingerprint density at radius 3 is 1.71 bits per heavy atom. The molecule has 0 radical (unpaired) electrons. The van der Waals surface area contributed by atoms with E-state index in [0.717, 1.165) is 26.1 Å². The van der Waals surface area contributed by atoms with Gasteiger partial charge in [0.15, 0.2) is 5.83 Å². The molecule has 2 fully saturated rings. The van der Waals surface area contributed by atoms with Crippen LogP contribution in [0.25, 0.3) is 0 Å². The van der Waals surface area contributed by atoms with Crippen LogP contribution in [-0.2, 0) is 9.59 Å². The van der Waals surface area contributed by atoms with Gasteiger partial charge in [0.1, 0.15) is 0 Å². The van der Waals surface area contributed by atoms with E-state index in [1.54, 1.807) is 4.90 Å². The van der Waals surface area contributed by atoms with Gasteiger partial charge in [-0.3, -0.25) is 19.4 Å². The summed E-state index contributed by atoms with van der Waals surface area (Å²) < 4.78 is 13.8. The van der Waals surface area contributed by atoms with Crippen molar-refractivity contribution < 1.29 is 14.0 Å². The van der Waals surface area contributed by atoms with E-state index >= 15 is 0 Å². The maximum absolute atomic E-state index is 13.8. The molecule has 2 saturated heterocycles. The molecule has 2 aliphatic rings. The van der Waals surface area contributed by atoms with Crippen LogP contribution in [0.5, 0.6) is 0 Å². The number of piperazine rings is 2. The summed E-state index contributed by atoms with van der Waals surface area (Å²) >= 11 is 0. The molecular weight excluding hydrogens is 395 g/mol. The van der Waals surface area contributed by atoms with Crippen molar-refractivity contribution in [3.8, 4) is 0 Å². The second-order valence-electron chi connectivity index (χ2n) is 9.75. The van der Waals surface area contributed by atoms with E-state index in [0.29, 0.717) is 25.0 Å². The summed E-state index contributed by atoms with van der Waals surface area (Å²) in [6, 6.07) is 0.659. The summed E-state index contributed by atoms with van der Waals surface area (Å²) in [5.74, 6) is -1.57. The van der Waals surface area contributed by atoms with Gasteiger partial charge in [-0.1, -0.05) is 13.2 Å². The van der Waals surface area contributed by atoms with E-state index in [4.69, 9.17) is 0 Å². The Balaban J connectivity index is 2.23. The molecule has 0 bridgehead atoms. The van der Waals surface area contributed by atoms with Crippen LogP contribution >= 0.6 is 0 Å². The molecule has 176 valence electrons. The van der Waals surface area contributed by atoms with E-state index in [9.17, 15) is 14.0 Å². The van der Waals surface area contributed by atoms with Crippen molar-refractivity contribution in [2.45, 2.75) is 90.6 Å². The number of hydrogen-bond donors (Lipinski definition) is 0. The first-order chi connectivity index (χ1) is 14.5. The lowest BCUT2D eigenvalue weighted by atomic mass is 9.95. The molecule has 2 rings (SSSR count). The van der Waals surface area contributed by atoms with Gasteiger partial charge in [-0.05, 0) is 60.5 Å². The number of carbonyl (C=O) groups is 2. The Bertz CT molecular complexity index is 680. The molecule has 7 heteroatoms. The average Bonchev–Trinajstić information content (AvgIpc) is 2.70. The summed E-state index contributed by atoms with van der Waals surface area (Å²) in [4.78, 5) is 33.6. The first kappa shape index (κ1) is 25.5. The number of halogens is 1. The first-order valence-electron chi connectivity index (χ1n) is 11.6. The molecule has 0 aromatic carbocycles. The van der Waals surface area contributed by atoms with Gasteiger partial charge in [0.25, 0.3) is 5.91 Å². The summed E-state index contributed by atoms with van der Waals surface area (Å²) in [6.45, 7) is 22.7. The molecule has 0 aliphatic carbocycles. The summed E-state index contributed by atoms with van der Waals surface area (Å²) in [5.41, 5.74) is 0. The highest BCUT2D eigenvalue weighted by molar-refractivity contribution is 5.91. The standard InChI is InChI=1S/C24H41FN4O2/c1-9-23(30)28-18(6)12-26(16(2)3)14-21(28)10-11-22-15-27(17(4)5)13-19(7)29(22)24(31)20(8)25/h9,16-19,21-22H,1,8,10-15H2,2-7H3/t18-,19+,21+,22-/m1/s1. The monoisotopic (exact) mass is 436 g/mol. The predicted octanol–water partition coefficient (Wildman–Crippen LogP) is 3.06. The Hall–Kier alpha value is -1.73. The van der Waals surface area contributed by atoms with Gasteiger partial charge in [-0.25, -0.2) is 4.39 Å². The minimum Gasteiger partial charge on any atom is -0.331 e. The van der Waals surface area contributed by atoms with E-state index in [2.05, 4.69) is 57.6 Å². The third kappa shape index (κ3) is 5.95. The molecule has 0 N–H and O–H groups in total. The Morgan fingerprint density at radius 2 is 1.32 bits per heavy atom. The van der Waals surface area contributed by atoms with E-state index in [-0.39, 0.29) is 30.1 Å². The van der Waals surface area contributed by atoms with Crippen molar-refractivity contribution in [2.75, 3.05) is 26.2 Å². The van der Waals surface area contributed by atoms with Crippen LogP contribution in [0.3, 0.4) is 0 Å². The summed E-state index contributed by atoms with van der Waals surface area (Å²) in [7, 11) is 0. The third-order valence-electron chi connectivity index (χ3n) is 6.81. The van der Waals surface area contributed by atoms with Gasteiger partial charge in [-0.2, -0.15) is 0 Å². The van der Waals surface area contributed by atoms with Crippen molar-refractivity contribution >= 4 is 11.8 Å². The molecule has 0 spiro atoms. The molecular formula is C24H41FN4O2. The average molecular weight is 437 g/mol. The molecule has 2 amide bonds. The lowest BCUT2D eigenvalue weighted by Crippen LogP contribution is -2.62.